The van der Waals surface area contributed by atoms with E-state index < -0.39 is 0 Å². The van der Waals surface area contributed by atoms with Crippen LogP contribution in [-0.4, -0.2) is 57.4 Å². The molecule has 0 bridgehead atoms. The fraction of sp³-hybridized carbons (Fsp3) is 0.348. The Morgan fingerprint density at radius 1 is 0.897 bits per heavy atom. The third-order valence-corrected chi connectivity index (χ3v) is 5.21. The molecule has 2 aromatic heterocycles. The summed E-state index contributed by atoms with van der Waals surface area (Å²) in [6.07, 6.45) is 4.45. The third-order valence-electron chi connectivity index (χ3n) is 5.21. The molecule has 0 unspecified atom stereocenters. The van der Waals surface area contributed by atoms with E-state index >= 15 is 0 Å². The highest BCUT2D eigenvalue weighted by Crippen LogP contribution is 2.19. The number of aromatic nitrogens is 4. The summed E-state index contributed by atoms with van der Waals surface area (Å²) in [7, 11) is 0. The first kappa shape index (κ1) is 19.3. The fourth-order valence-electron chi connectivity index (χ4n) is 3.73. The van der Waals surface area contributed by atoms with E-state index in [-0.39, 0.29) is 0 Å². The van der Waals surface area contributed by atoms with Crippen LogP contribution in [-0.2, 0) is 0 Å². The molecule has 0 radical (unpaired) electrons. The van der Waals surface area contributed by atoms with E-state index in [1.54, 1.807) is 0 Å². The number of benzene rings is 1. The van der Waals surface area contributed by atoms with Gasteiger partial charge in [0.1, 0.15) is 11.6 Å². The monoisotopic (exact) mass is 388 g/mol. The fourth-order valence-corrected chi connectivity index (χ4v) is 3.73. The van der Waals surface area contributed by atoms with Gasteiger partial charge in [0.15, 0.2) is 5.82 Å². The number of anilines is 1. The van der Waals surface area contributed by atoms with Gasteiger partial charge >= 0.3 is 0 Å². The summed E-state index contributed by atoms with van der Waals surface area (Å²) >= 11 is 0. The van der Waals surface area contributed by atoms with Gasteiger partial charge in [-0.05, 0) is 32.4 Å². The Balaban J connectivity index is 1.39. The molecule has 1 aromatic carbocycles. The zero-order valence-corrected chi connectivity index (χ0v) is 17.4. The van der Waals surface area contributed by atoms with Crippen LogP contribution in [0.25, 0.3) is 11.9 Å². The molecule has 1 saturated heterocycles. The smallest absolute Gasteiger partial charge is 0.159 e. The van der Waals surface area contributed by atoms with Gasteiger partial charge in [-0.15, -0.1) is 0 Å². The van der Waals surface area contributed by atoms with Crippen LogP contribution >= 0.6 is 0 Å². The molecule has 1 aliphatic rings. The second kappa shape index (κ2) is 8.57. The summed E-state index contributed by atoms with van der Waals surface area (Å²) < 4.78 is 1.90. The van der Waals surface area contributed by atoms with Gasteiger partial charge in [-0.25, -0.2) is 14.6 Å². The largest absolute Gasteiger partial charge is 0.354 e. The summed E-state index contributed by atoms with van der Waals surface area (Å²) in [4.78, 5) is 14.1. The van der Waals surface area contributed by atoms with Crippen molar-refractivity contribution in [1.82, 2.24) is 24.6 Å². The van der Waals surface area contributed by atoms with Gasteiger partial charge in [-0.1, -0.05) is 42.5 Å². The quantitative estimate of drug-likeness (QED) is 0.670. The molecule has 0 saturated carbocycles. The van der Waals surface area contributed by atoms with Gasteiger partial charge in [0, 0.05) is 44.5 Å². The molecule has 29 heavy (non-hydrogen) atoms. The summed E-state index contributed by atoms with van der Waals surface area (Å²) in [6.45, 7) is 11.0. The summed E-state index contributed by atoms with van der Waals surface area (Å²) in [6, 6.07) is 14.6. The summed E-state index contributed by atoms with van der Waals surface area (Å²) in [5, 5.41) is 4.57. The van der Waals surface area contributed by atoms with E-state index in [0.717, 1.165) is 61.6 Å². The van der Waals surface area contributed by atoms with Crippen molar-refractivity contribution in [2.45, 2.75) is 20.8 Å². The van der Waals surface area contributed by atoms with Crippen LogP contribution in [0.1, 0.15) is 22.8 Å². The maximum atomic E-state index is 4.69. The predicted octanol–water partition coefficient (Wildman–Crippen LogP) is 3.42. The highest BCUT2D eigenvalue weighted by molar-refractivity contribution is 5.49. The van der Waals surface area contributed by atoms with Gasteiger partial charge < -0.3 is 4.90 Å². The first-order chi connectivity index (χ1) is 14.1. The molecule has 0 atom stereocenters. The van der Waals surface area contributed by atoms with Crippen molar-refractivity contribution in [3.8, 4) is 5.82 Å². The summed E-state index contributed by atoms with van der Waals surface area (Å²) in [5.74, 6) is 2.60. The van der Waals surface area contributed by atoms with Gasteiger partial charge in [-0.3, -0.25) is 4.90 Å². The average molecular weight is 389 g/mol. The van der Waals surface area contributed by atoms with Crippen molar-refractivity contribution in [2.24, 2.45) is 0 Å². The highest BCUT2D eigenvalue weighted by atomic mass is 15.3. The van der Waals surface area contributed by atoms with E-state index in [1.807, 2.05) is 24.6 Å². The zero-order chi connectivity index (χ0) is 20.2. The van der Waals surface area contributed by atoms with E-state index in [0.29, 0.717) is 0 Å². The minimum absolute atomic E-state index is 0.776. The van der Waals surface area contributed by atoms with Crippen LogP contribution in [0, 0.1) is 20.8 Å². The molecule has 4 rings (SSSR count). The average Bonchev–Trinajstić information content (AvgIpc) is 3.07. The van der Waals surface area contributed by atoms with Crippen LogP contribution in [0.5, 0.6) is 0 Å². The molecule has 6 heteroatoms. The molecule has 1 aliphatic heterocycles. The first-order valence-corrected chi connectivity index (χ1v) is 10.2. The Kier molecular flexibility index (Phi) is 5.71. The SMILES string of the molecule is Cc1cc(C)n(-c2cc(N3CCN(CC=Cc4ccccc4)CC3)nc(C)n2)n1. The van der Waals surface area contributed by atoms with E-state index in [2.05, 4.69) is 80.3 Å². The predicted molar refractivity (Wildman–Crippen MR) is 117 cm³/mol. The van der Waals surface area contributed by atoms with Crippen molar-refractivity contribution in [2.75, 3.05) is 37.6 Å². The molecule has 3 aromatic rings. The molecule has 6 nitrogen and oxygen atoms in total. The topological polar surface area (TPSA) is 50.1 Å². The lowest BCUT2D eigenvalue weighted by Gasteiger charge is -2.35. The molecule has 0 amide bonds. The second-order valence-electron chi connectivity index (χ2n) is 7.57. The molecular formula is C23H28N6. The van der Waals surface area contributed by atoms with Crippen LogP contribution in [0.3, 0.4) is 0 Å². The minimum atomic E-state index is 0.776. The molecule has 0 spiro atoms. The normalized spacial score (nSPS) is 15.3. The van der Waals surface area contributed by atoms with Crippen LogP contribution in [0.15, 0.2) is 48.5 Å². The molecule has 0 aliphatic carbocycles. The number of rotatable bonds is 5. The lowest BCUT2D eigenvalue weighted by molar-refractivity contribution is 0.283. The van der Waals surface area contributed by atoms with Crippen LogP contribution < -0.4 is 4.90 Å². The van der Waals surface area contributed by atoms with Gasteiger partial charge in [0.05, 0.1) is 5.69 Å². The van der Waals surface area contributed by atoms with Crippen molar-refractivity contribution in [3.05, 3.63) is 71.3 Å². The van der Waals surface area contributed by atoms with Crippen molar-refractivity contribution < 1.29 is 0 Å². The van der Waals surface area contributed by atoms with Crippen molar-refractivity contribution in [3.63, 3.8) is 0 Å². The van der Waals surface area contributed by atoms with Crippen molar-refractivity contribution >= 4 is 11.9 Å². The maximum absolute atomic E-state index is 4.69. The Bertz CT molecular complexity index is 984. The number of aryl methyl sites for hydroxylation is 3. The van der Waals surface area contributed by atoms with Crippen molar-refractivity contribution in [1.29, 1.82) is 0 Å². The molecule has 3 heterocycles. The Morgan fingerprint density at radius 2 is 1.62 bits per heavy atom. The Morgan fingerprint density at radius 3 is 2.31 bits per heavy atom. The molecule has 0 N–H and O–H groups in total. The van der Waals surface area contributed by atoms with Crippen LogP contribution in [0.4, 0.5) is 5.82 Å². The van der Waals surface area contributed by atoms with E-state index in [4.69, 9.17) is 0 Å². The minimum Gasteiger partial charge on any atom is -0.354 e. The number of hydrogen-bond acceptors (Lipinski definition) is 5. The van der Waals surface area contributed by atoms with Gasteiger partial charge in [0.25, 0.3) is 0 Å². The Labute approximate surface area is 172 Å². The lowest BCUT2D eigenvalue weighted by atomic mass is 10.2. The first-order valence-electron chi connectivity index (χ1n) is 10.2. The second-order valence-corrected chi connectivity index (χ2v) is 7.57. The zero-order valence-electron chi connectivity index (χ0n) is 17.4. The molecular weight excluding hydrogens is 360 g/mol. The molecule has 150 valence electrons. The number of piperazine rings is 1. The number of hydrogen-bond donors (Lipinski definition) is 0. The van der Waals surface area contributed by atoms with E-state index in [9.17, 15) is 0 Å². The highest BCUT2D eigenvalue weighted by Gasteiger charge is 2.19. The van der Waals surface area contributed by atoms with Crippen LogP contribution in [0.2, 0.25) is 0 Å². The van der Waals surface area contributed by atoms with Gasteiger partial charge in [0.2, 0.25) is 0 Å². The Hall–Kier alpha value is -2.99. The van der Waals surface area contributed by atoms with Gasteiger partial charge in [-0.2, -0.15) is 5.10 Å². The maximum Gasteiger partial charge on any atom is 0.159 e. The molecule has 1 fully saturated rings. The number of nitrogens with zero attached hydrogens (tertiary/aromatic N) is 6. The summed E-state index contributed by atoms with van der Waals surface area (Å²) in [5.41, 5.74) is 3.33. The lowest BCUT2D eigenvalue weighted by Crippen LogP contribution is -2.46. The van der Waals surface area contributed by atoms with E-state index in [1.165, 1.54) is 5.56 Å². The third kappa shape index (κ3) is 4.71. The standard InChI is InChI=1S/C23H28N6/c1-18-16-19(2)29(26-18)23-17-22(24-20(3)25-23)28-14-12-27(13-15-28)11-7-10-21-8-5-4-6-9-21/h4-10,16-17H,11-15H2,1-3H3.